The lowest BCUT2D eigenvalue weighted by Crippen LogP contribution is -2.52. The summed E-state index contributed by atoms with van der Waals surface area (Å²) in [5.74, 6) is -2.56. The second-order valence-electron chi connectivity index (χ2n) is 9.29. The Kier molecular flexibility index (Phi) is 9.36. The maximum atomic E-state index is 13.3. The molecule has 1 fully saturated rings. The Hall–Kier alpha value is -3.27. The predicted octanol–water partition coefficient (Wildman–Crippen LogP) is 2.19. The molecule has 3 atom stereocenters. The summed E-state index contributed by atoms with van der Waals surface area (Å²) in [5, 5.41) is 9.81. The van der Waals surface area contributed by atoms with Crippen LogP contribution in [0, 0.1) is 11.8 Å². The number of carbonyl (C=O) groups excluding carboxylic acids is 3. The molecule has 1 aromatic carbocycles. The first-order valence-corrected chi connectivity index (χ1v) is 12.1. The number of nitrogens with one attached hydrogen (secondary N) is 2. The molecule has 1 aliphatic carbocycles. The smallest absolute Gasteiger partial charge is 0.385 e. The van der Waals surface area contributed by atoms with Crippen molar-refractivity contribution in [3.63, 3.8) is 0 Å². The summed E-state index contributed by atoms with van der Waals surface area (Å²) in [6, 6.07) is 7.52. The number of Topliss-reactive ketones (excluding diaryl/α,β-unsaturated/α-hetero) is 1. The summed E-state index contributed by atoms with van der Waals surface area (Å²) in [6.45, 7) is 4.37. The molecule has 0 spiro atoms. The van der Waals surface area contributed by atoms with Gasteiger partial charge in [-0.25, -0.2) is 4.79 Å². The molecule has 10 nitrogen and oxygen atoms in total. The lowest BCUT2D eigenvalue weighted by molar-refractivity contribution is -0.127. The van der Waals surface area contributed by atoms with E-state index in [0.717, 1.165) is 17.5 Å². The van der Waals surface area contributed by atoms with E-state index in [1.165, 1.54) is 7.11 Å². The van der Waals surface area contributed by atoms with Gasteiger partial charge in [0.1, 0.15) is 0 Å². The van der Waals surface area contributed by atoms with Gasteiger partial charge < -0.3 is 19.8 Å². The Labute approximate surface area is 204 Å². The van der Waals surface area contributed by atoms with E-state index in [1.807, 2.05) is 19.9 Å². The van der Waals surface area contributed by atoms with Gasteiger partial charge in [-0.3, -0.25) is 14.4 Å². The van der Waals surface area contributed by atoms with Crippen molar-refractivity contribution in [2.45, 2.75) is 64.6 Å². The number of ketones is 1. The molecule has 0 saturated heterocycles. The Morgan fingerprint density at radius 3 is 2.57 bits per heavy atom. The summed E-state index contributed by atoms with van der Waals surface area (Å²) < 4.78 is 11.3. The van der Waals surface area contributed by atoms with Gasteiger partial charge in [-0.2, -0.15) is 4.68 Å². The number of hydrogen-bond acceptors (Lipinski definition) is 7. The van der Waals surface area contributed by atoms with Crippen LogP contribution in [0.25, 0.3) is 0 Å². The number of methoxy groups -OCH3 is 1. The summed E-state index contributed by atoms with van der Waals surface area (Å²) in [7, 11) is 1.50. The summed E-state index contributed by atoms with van der Waals surface area (Å²) in [4.78, 5) is 51.2. The van der Waals surface area contributed by atoms with Crippen LogP contribution < -0.4 is 16.4 Å². The molecule has 1 aliphatic rings. The average Bonchev–Trinajstić information content (AvgIpc) is 3.21. The molecule has 3 rings (SSSR count). The second kappa shape index (κ2) is 12.4. The van der Waals surface area contributed by atoms with Crippen molar-refractivity contribution in [1.82, 2.24) is 20.4 Å². The van der Waals surface area contributed by atoms with E-state index in [2.05, 4.69) is 15.7 Å². The molecule has 1 heterocycles. The molecule has 0 bridgehead atoms. The summed E-state index contributed by atoms with van der Waals surface area (Å²) in [5.41, 5.74) is 0.525. The van der Waals surface area contributed by atoms with E-state index < -0.39 is 23.5 Å². The highest BCUT2D eigenvalue weighted by molar-refractivity contribution is 5.99. The van der Waals surface area contributed by atoms with Crippen LogP contribution in [0.5, 0.6) is 0 Å². The van der Waals surface area contributed by atoms with Crippen LogP contribution >= 0.6 is 0 Å². The molecule has 2 aromatic rings. The molecule has 2 amide bonds. The van der Waals surface area contributed by atoms with Gasteiger partial charge in [-0.15, -0.1) is 5.10 Å². The van der Waals surface area contributed by atoms with Crippen LogP contribution in [0.4, 0.5) is 0 Å². The Morgan fingerprint density at radius 1 is 1.17 bits per heavy atom. The molecule has 35 heavy (non-hydrogen) atoms. The van der Waals surface area contributed by atoms with E-state index in [0.29, 0.717) is 24.9 Å². The number of carbonyl (C=O) groups is 3. The van der Waals surface area contributed by atoms with Crippen LogP contribution in [0.2, 0.25) is 0 Å². The van der Waals surface area contributed by atoms with Crippen LogP contribution in [-0.4, -0.2) is 53.2 Å². The molecule has 1 aromatic heterocycles. The number of ether oxygens (including phenoxy) is 1. The first-order chi connectivity index (χ1) is 16.8. The molecule has 0 unspecified atom stereocenters. The highest BCUT2D eigenvalue weighted by atomic mass is 16.5. The third kappa shape index (κ3) is 7.11. The van der Waals surface area contributed by atoms with E-state index in [1.54, 1.807) is 24.3 Å². The molecule has 2 N–H and O–H groups in total. The van der Waals surface area contributed by atoms with Crippen molar-refractivity contribution >= 4 is 17.6 Å². The lowest BCUT2D eigenvalue weighted by atomic mass is 9.83. The Balaban J connectivity index is 1.73. The number of hydrogen-bond donors (Lipinski definition) is 2. The van der Waals surface area contributed by atoms with Gasteiger partial charge in [0.25, 0.3) is 11.8 Å². The molecule has 0 aliphatic heterocycles. The highest BCUT2D eigenvalue weighted by Crippen LogP contribution is 2.25. The minimum absolute atomic E-state index is 0.138. The van der Waals surface area contributed by atoms with E-state index >= 15 is 0 Å². The van der Waals surface area contributed by atoms with Gasteiger partial charge in [-0.05, 0) is 37.3 Å². The van der Waals surface area contributed by atoms with Crippen LogP contribution in [0.15, 0.2) is 39.5 Å². The SMILES string of the molecule is COCC[C@H](NC(=O)[C@@H]1CCCC[C@@H]1NC(=O)c1ccccc1)C(=O)c1nn(CC(C)C)c(=O)o1. The average molecular weight is 487 g/mol. The van der Waals surface area contributed by atoms with Crippen molar-refractivity contribution in [1.29, 1.82) is 0 Å². The zero-order chi connectivity index (χ0) is 25.4. The first-order valence-electron chi connectivity index (χ1n) is 12.1. The van der Waals surface area contributed by atoms with Crippen LogP contribution in [0.1, 0.15) is 67.0 Å². The standard InChI is InChI=1S/C25H34N4O6/c1-16(2)15-29-25(33)35-24(28-29)21(30)20(13-14-34-3)27-23(32)18-11-7-8-12-19(18)26-22(31)17-9-5-4-6-10-17/h4-6,9-10,16,18-20H,7-8,11-15H2,1-3H3,(H,26,31)(H,27,32)/t18-,19+,20+/m1/s1. The fraction of sp³-hybridized carbons (Fsp3) is 0.560. The third-order valence-electron chi connectivity index (χ3n) is 6.05. The van der Waals surface area contributed by atoms with Gasteiger partial charge in [0.2, 0.25) is 11.7 Å². The van der Waals surface area contributed by atoms with Gasteiger partial charge in [0, 0.05) is 25.3 Å². The highest BCUT2D eigenvalue weighted by Gasteiger charge is 2.35. The van der Waals surface area contributed by atoms with Crippen LogP contribution in [0.3, 0.4) is 0 Å². The zero-order valence-corrected chi connectivity index (χ0v) is 20.5. The van der Waals surface area contributed by atoms with Crippen molar-refractivity contribution in [3.05, 3.63) is 52.3 Å². The van der Waals surface area contributed by atoms with Gasteiger partial charge >= 0.3 is 5.76 Å². The number of aromatic nitrogens is 2. The monoisotopic (exact) mass is 486 g/mol. The van der Waals surface area contributed by atoms with E-state index in [4.69, 9.17) is 9.15 Å². The van der Waals surface area contributed by atoms with Gasteiger partial charge in [-0.1, -0.05) is 44.9 Å². The molecule has 10 heteroatoms. The van der Waals surface area contributed by atoms with Crippen LogP contribution in [-0.2, 0) is 16.1 Å². The molecule has 190 valence electrons. The first kappa shape index (κ1) is 26.3. The number of rotatable bonds is 11. The largest absolute Gasteiger partial charge is 0.437 e. The fourth-order valence-electron chi connectivity index (χ4n) is 4.26. The molecule has 1 saturated carbocycles. The second-order valence-corrected chi connectivity index (χ2v) is 9.29. The number of benzene rings is 1. The fourth-order valence-corrected chi connectivity index (χ4v) is 4.26. The van der Waals surface area contributed by atoms with E-state index in [-0.39, 0.29) is 42.7 Å². The summed E-state index contributed by atoms with van der Waals surface area (Å²) in [6.07, 6.45) is 3.20. The molecule has 0 radical (unpaired) electrons. The summed E-state index contributed by atoms with van der Waals surface area (Å²) >= 11 is 0. The lowest BCUT2D eigenvalue weighted by Gasteiger charge is -2.32. The zero-order valence-electron chi connectivity index (χ0n) is 20.5. The maximum Gasteiger partial charge on any atom is 0.437 e. The maximum absolute atomic E-state index is 13.3. The normalized spacial score (nSPS) is 18.7. The Bertz CT molecular complexity index is 1060. The van der Waals surface area contributed by atoms with E-state index in [9.17, 15) is 19.2 Å². The topological polar surface area (TPSA) is 133 Å². The molecular weight excluding hydrogens is 452 g/mol. The van der Waals surface area contributed by atoms with Crippen molar-refractivity contribution < 1.29 is 23.5 Å². The van der Waals surface area contributed by atoms with Crippen molar-refractivity contribution in [2.24, 2.45) is 11.8 Å². The number of amides is 2. The van der Waals surface area contributed by atoms with Crippen molar-refractivity contribution in [3.8, 4) is 0 Å². The Morgan fingerprint density at radius 2 is 1.89 bits per heavy atom. The molecular formula is C25H34N4O6. The van der Waals surface area contributed by atoms with Gasteiger partial charge in [0.05, 0.1) is 18.5 Å². The number of nitrogens with zero attached hydrogens (tertiary/aromatic N) is 2. The minimum atomic E-state index is -0.972. The quantitative estimate of drug-likeness (QED) is 0.465. The minimum Gasteiger partial charge on any atom is -0.385 e. The predicted molar refractivity (Wildman–Crippen MR) is 128 cm³/mol. The van der Waals surface area contributed by atoms with Gasteiger partial charge in [0.15, 0.2) is 0 Å². The van der Waals surface area contributed by atoms with Crippen molar-refractivity contribution in [2.75, 3.05) is 13.7 Å². The third-order valence-corrected chi connectivity index (χ3v) is 6.05.